The molecule has 3 nitrogen and oxygen atoms in total. The lowest BCUT2D eigenvalue weighted by atomic mass is 10.1. The third-order valence-corrected chi connectivity index (χ3v) is 2.73. The lowest BCUT2D eigenvalue weighted by molar-refractivity contribution is 0.186. The first kappa shape index (κ1) is 13.9. The van der Waals surface area contributed by atoms with Crippen molar-refractivity contribution in [3.8, 4) is 0 Å². The lowest BCUT2D eigenvalue weighted by Crippen LogP contribution is -2.23. The Hall–Kier alpha value is -1.13. The highest BCUT2D eigenvalue weighted by molar-refractivity contribution is 5.54. The third kappa shape index (κ3) is 3.98. The van der Waals surface area contributed by atoms with Gasteiger partial charge in [0, 0.05) is 24.8 Å². The molecule has 0 aromatic heterocycles. The average molecular weight is 241 g/mol. The van der Waals surface area contributed by atoms with Gasteiger partial charge in [-0.15, -0.1) is 0 Å². The van der Waals surface area contributed by atoms with Crippen LogP contribution in [0.25, 0.3) is 0 Å². The molecule has 4 heteroatoms. The van der Waals surface area contributed by atoms with Crippen LogP contribution in [0.3, 0.4) is 0 Å². The van der Waals surface area contributed by atoms with E-state index in [2.05, 4.69) is 0 Å². The topological polar surface area (TPSA) is 43.7 Å². The first-order chi connectivity index (χ1) is 7.91. The highest BCUT2D eigenvalue weighted by atomic mass is 19.1. The molecule has 0 saturated heterocycles. The highest BCUT2D eigenvalue weighted by Gasteiger charge is 2.13. The molecule has 0 radical (unpaired) electrons. The summed E-state index contributed by atoms with van der Waals surface area (Å²) in [5.74, 6) is -0.353. The molecule has 0 heterocycles. The van der Waals surface area contributed by atoms with Crippen LogP contribution in [0.1, 0.15) is 31.9 Å². The van der Waals surface area contributed by atoms with Crippen LogP contribution < -0.4 is 4.90 Å². The molecule has 0 fully saturated rings. The van der Waals surface area contributed by atoms with E-state index in [0.29, 0.717) is 18.5 Å². The van der Waals surface area contributed by atoms with Gasteiger partial charge in [-0.25, -0.2) is 4.39 Å². The fourth-order valence-electron chi connectivity index (χ4n) is 1.71. The van der Waals surface area contributed by atoms with E-state index in [-0.39, 0.29) is 11.9 Å². The maximum Gasteiger partial charge on any atom is 0.123 e. The largest absolute Gasteiger partial charge is 0.393 e. The molecule has 0 aliphatic heterocycles. The Morgan fingerprint density at radius 3 is 2.47 bits per heavy atom. The number of anilines is 1. The van der Waals surface area contributed by atoms with E-state index < -0.39 is 6.10 Å². The van der Waals surface area contributed by atoms with Crippen LogP contribution >= 0.6 is 0 Å². The predicted molar refractivity (Wildman–Crippen MR) is 66.6 cm³/mol. The Labute approximate surface area is 101 Å². The summed E-state index contributed by atoms with van der Waals surface area (Å²) in [5.41, 5.74) is 1.36. The van der Waals surface area contributed by atoms with Crippen molar-refractivity contribution in [1.29, 1.82) is 0 Å². The van der Waals surface area contributed by atoms with Crippen LogP contribution in [0.5, 0.6) is 0 Å². The quantitative estimate of drug-likeness (QED) is 0.829. The molecule has 0 saturated carbocycles. The summed E-state index contributed by atoms with van der Waals surface area (Å²) >= 11 is 0. The molecular weight excluding hydrogens is 221 g/mol. The van der Waals surface area contributed by atoms with E-state index >= 15 is 0 Å². The Morgan fingerprint density at radius 1 is 1.29 bits per heavy atom. The van der Waals surface area contributed by atoms with Crippen molar-refractivity contribution in [2.75, 3.05) is 18.5 Å². The number of aliphatic hydroxyl groups is 2. The van der Waals surface area contributed by atoms with Gasteiger partial charge in [-0.2, -0.15) is 0 Å². The van der Waals surface area contributed by atoms with Crippen LogP contribution in [-0.4, -0.2) is 29.9 Å². The van der Waals surface area contributed by atoms with E-state index in [1.165, 1.54) is 12.1 Å². The van der Waals surface area contributed by atoms with Crippen LogP contribution in [0.15, 0.2) is 18.2 Å². The maximum absolute atomic E-state index is 13.1. The standard InChI is InChI=1S/C13H20FNO2/c1-9(16)6-7-15(3)13-5-4-11(14)8-12(13)10(2)17/h4-5,8-10,16-17H,6-7H2,1-3H3/t9?,10-/m1/s1. The molecule has 17 heavy (non-hydrogen) atoms. The summed E-state index contributed by atoms with van der Waals surface area (Å²) in [7, 11) is 1.86. The molecule has 0 aliphatic carbocycles. The van der Waals surface area contributed by atoms with Crippen molar-refractivity contribution in [2.45, 2.75) is 32.5 Å². The molecule has 1 unspecified atom stereocenters. The number of hydrogen-bond donors (Lipinski definition) is 2. The van der Waals surface area contributed by atoms with Gasteiger partial charge in [-0.3, -0.25) is 0 Å². The van der Waals surface area contributed by atoms with E-state index in [1.807, 2.05) is 11.9 Å². The summed E-state index contributed by atoms with van der Waals surface area (Å²) in [5, 5.41) is 18.8. The number of benzene rings is 1. The fourth-order valence-corrected chi connectivity index (χ4v) is 1.71. The van der Waals surface area contributed by atoms with Gasteiger partial charge in [0.15, 0.2) is 0 Å². The molecular formula is C13H20FNO2. The van der Waals surface area contributed by atoms with Crippen LogP contribution in [-0.2, 0) is 0 Å². The zero-order valence-corrected chi connectivity index (χ0v) is 10.5. The Balaban J connectivity index is 2.88. The van der Waals surface area contributed by atoms with Gasteiger partial charge < -0.3 is 15.1 Å². The second-order valence-corrected chi connectivity index (χ2v) is 4.44. The minimum Gasteiger partial charge on any atom is -0.393 e. The first-order valence-corrected chi connectivity index (χ1v) is 5.78. The third-order valence-electron chi connectivity index (χ3n) is 2.73. The van der Waals surface area contributed by atoms with Crippen molar-refractivity contribution in [2.24, 2.45) is 0 Å². The monoisotopic (exact) mass is 241 g/mol. The maximum atomic E-state index is 13.1. The Morgan fingerprint density at radius 2 is 1.94 bits per heavy atom. The van der Waals surface area contributed by atoms with Gasteiger partial charge in [0.25, 0.3) is 0 Å². The van der Waals surface area contributed by atoms with Crippen LogP contribution in [0, 0.1) is 5.82 Å². The Kier molecular flexibility index (Phi) is 4.90. The van der Waals surface area contributed by atoms with Crippen molar-refractivity contribution in [3.05, 3.63) is 29.6 Å². The molecule has 1 aromatic rings. The summed E-state index contributed by atoms with van der Waals surface area (Å²) < 4.78 is 13.1. The van der Waals surface area contributed by atoms with Crippen molar-refractivity contribution in [3.63, 3.8) is 0 Å². The fraction of sp³-hybridized carbons (Fsp3) is 0.538. The average Bonchev–Trinajstić information content (AvgIpc) is 2.25. The van der Waals surface area contributed by atoms with Gasteiger partial charge in [0.2, 0.25) is 0 Å². The van der Waals surface area contributed by atoms with Crippen LogP contribution in [0.4, 0.5) is 10.1 Å². The van der Waals surface area contributed by atoms with Crippen molar-refractivity contribution >= 4 is 5.69 Å². The molecule has 2 atom stereocenters. The van der Waals surface area contributed by atoms with Crippen LogP contribution in [0.2, 0.25) is 0 Å². The summed E-state index contributed by atoms with van der Waals surface area (Å²) in [6.45, 7) is 4.00. The molecule has 1 aromatic carbocycles. The number of hydrogen-bond acceptors (Lipinski definition) is 3. The first-order valence-electron chi connectivity index (χ1n) is 5.78. The summed E-state index contributed by atoms with van der Waals surface area (Å²) in [6.07, 6.45) is -0.449. The van der Waals surface area contributed by atoms with E-state index in [1.54, 1.807) is 19.9 Å². The number of aliphatic hydroxyl groups excluding tert-OH is 2. The van der Waals surface area contributed by atoms with E-state index in [4.69, 9.17) is 0 Å². The van der Waals surface area contributed by atoms with Gasteiger partial charge in [-0.1, -0.05) is 0 Å². The molecule has 0 amide bonds. The molecule has 1 rings (SSSR count). The SMILES string of the molecule is CC(O)CCN(C)c1ccc(F)cc1[C@@H](C)O. The number of halogens is 1. The number of rotatable bonds is 5. The minimum absolute atomic E-state index is 0.353. The Bertz CT molecular complexity index is 366. The predicted octanol–water partition coefficient (Wildman–Crippen LogP) is 2.09. The van der Waals surface area contributed by atoms with Gasteiger partial charge in [0.1, 0.15) is 5.82 Å². The van der Waals surface area contributed by atoms with Crippen molar-refractivity contribution < 1.29 is 14.6 Å². The highest BCUT2D eigenvalue weighted by Crippen LogP contribution is 2.26. The summed E-state index contributed by atoms with van der Waals surface area (Å²) in [4.78, 5) is 1.91. The molecule has 0 bridgehead atoms. The molecule has 2 N–H and O–H groups in total. The van der Waals surface area contributed by atoms with Gasteiger partial charge >= 0.3 is 0 Å². The molecule has 0 spiro atoms. The van der Waals surface area contributed by atoms with E-state index in [9.17, 15) is 14.6 Å². The normalized spacial score (nSPS) is 14.5. The summed E-state index contributed by atoms with van der Waals surface area (Å²) in [6, 6.07) is 4.37. The van der Waals surface area contributed by atoms with Gasteiger partial charge in [0.05, 0.1) is 12.2 Å². The minimum atomic E-state index is -0.713. The second-order valence-electron chi connectivity index (χ2n) is 4.44. The second kappa shape index (κ2) is 5.98. The number of nitrogens with zero attached hydrogens (tertiary/aromatic N) is 1. The van der Waals surface area contributed by atoms with E-state index in [0.717, 1.165) is 5.69 Å². The smallest absolute Gasteiger partial charge is 0.123 e. The molecule has 96 valence electrons. The van der Waals surface area contributed by atoms with Gasteiger partial charge in [-0.05, 0) is 38.5 Å². The zero-order chi connectivity index (χ0) is 13.0. The lowest BCUT2D eigenvalue weighted by Gasteiger charge is -2.24. The molecule has 0 aliphatic rings. The van der Waals surface area contributed by atoms with Crippen molar-refractivity contribution in [1.82, 2.24) is 0 Å². The zero-order valence-electron chi connectivity index (χ0n) is 10.5.